The molecule has 5 nitrogen and oxygen atoms in total. The number of hydrogen-bond acceptors (Lipinski definition) is 5. The number of ether oxygens (including phenoxy) is 1. The summed E-state index contributed by atoms with van der Waals surface area (Å²) in [5.74, 6) is -3.85. The van der Waals surface area contributed by atoms with E-state index in [4.69, 9.17) is 4.52 Å². The number of nitrogens with one attached hydrogen (secondary N) is 1. The van der Waals surface area contributed by atoms with Gasteiger partial charge in [0.1, 0.15) is 13.2 Å². The van der Waals surface area contributed by atoms with E-state index in [2.05, 4.69) is 20.2 Å². The lowest BCUT2D eigenvalue weighted by molar-refractivity contribution is -0.168. The highest BCUT2D eigenvalue weighted by molar-refractivity contribution is 4.91. The Labute approximate surface area is 107 Å². The third-order valence-corrected chi connectivity index (χ3v) is 2.38. The maximum Gasteiger partial charge on any atom is 0.330 e. The minimum atomic E-state index is -4.18. The Kier molecular flexibility index (Phi) is 5.67. The minimum Gasteiger partial charge on any atom is -0.367 e. The van der Waals surface area contributed by atoms with Crippen LogP contribution in [0.5, 0.6) is 0 Å². The number of halogens is 4. The average Bonchev–Trinajstić information content (AvgIpc) is 2.79. The van der Waals surface area contributed by atoms with Crippen LogP contribution in [0.15, 0.2) is 4.52 Å². The first-order valence-electron chi connectivity index (χ1n) is 5.64. The maximum absolute atomic E-state index is 12.5. The average molecular weight is 285 g/mol. The van der Waals surface area contributed by atoms with Gasteiger partial charge in [0.15, 0.2) is 5.82 Å². The lowest BCUT2D eigenvalue weighted by Gasteiger charge is -2.14. The molecule has 0 aliphatic carbocycles. The summed E-state index contributed by atoms with van der Waals surface area (Å²) in [5.41, 5.74) is 0. The third kappa shape index (κ3) is 4.43. The van der Waals surface area contributed by atoms with Crippen molar-refractivity contribution in [2.75, 3.05) is 13.7 Å². The standard InChI is InChI=1S/C10H15F4N3O2/c1-3-6(15-2)8-16-7(17-19-8)4-18-5-10(13,14)9(11)12/h6,9,15H,3-5H2,1-2H3. The molecule has 0 saturated heterocycles. The fraction of sp³-hybridized carbons (Fsp3) is 0.800. The predicted molar refractivity (Wildman–Crippen MR) is 57.0 cm³/mol. The van der Waals surface area contributed by atoms with Crippen LogP contribution in [0.1, 0.15) is 31.1 Å². The molecule has 0 aliphatic rings. The Morgan fingerprint density at radius 2 is 2.11 bits per heavy atom. The van der Waals surface area contributed by atoms with Gasteiger partial charge in [-0.15, -0.1) is 0 Å². The molecule has 0 radical (unpaired) electrons. The van der Waals surface area contributed by atoms with E-state index in [-0.39, 0.29) is 11.9 Å². The highest BCUT2D eigenvalue weighted by atomic mass is 19.3. The number of rotatable bonds is 8. The fourth-order valence-corrected chi connectivity index (χ4v) is 1.31. The second-order valence-corrected chi connectivity index (χ2v) is 3.85. The molecule has 0 amide bonds. The SMILES string of the molecule is CCC(NC)c1nc(COCC(F)(F)C(F)F)no1. The van der Waals surface area contributed by atoms with Crippen LogP contribution < -0.4 is 5.32 Å². The van der Waals surface area contributed by atoms with E-state index >= 15 is 0 Å². The smallest absolute Gasteiger partial charge is 0.330 e. The molecule has 9 heteroatoms. The van der Waals surface area contributed by atoms with E-state index in [9.17, 15) is 17.6 Å². The number of alkyl halides is 4. The van der Waals surface area contributed by atoms with E-state index in [1.807, 2.05) is 6.92 Å². The van der Waals surface area contributed by atoms with E-state index < -0.39 is 25.6 Å². The largest absolute Gasteiger partial charge is 0.367 e. The van der Waals surface area contributed by atoms with E-state index in [1.54, 1.807) is 7.05 Å². The molecular weight excluding hydrogens is 270 g/mol. The van der Waals surface area contributed by atoms with Crippen LogP contribution in [0.3, 0.4) is 0 Å². The molecule has 1 heterocycles. The summed E-state index contributed by atoms with van der Waals surface area (Å²) in [4.78, 5) is 3.92. The summed E-state index contributed by atoms with van der Waals surface area (Å²) in [6.07, 6.45) is -3.07. The summed E-state index contributed by atoms with van der Waals surface area (Å²) >= 11 is 0. The number of aromatic nitrogens is 2. The second-order valence-electron chi connectivity index (χ2n) is 3.85. The Morgan fingerprint density at radius 3 is 2.63 bits per heavy atom. The van der Waals surface area contributed by atoms with Gasteiger partial charge in [0, 0.05) is 0 Å². The van der Waals surface area contributed by atoms with Crippen molar-refractivity contribution in [1.82, 2.24) is 15.5 Å². The zero-order chi connectivity index (χ0) is 14.5. The zero-order valence-corrected chi connectivity index (χ0v) is 10.5. The number of nitrogens with zero attached hydrogens (tertiary/aromatic N) is 2. The summed E-state index contributed by atoms with van der Waals surface area (Å²) in [6.45, 7) is 0.0917. The van der Waals surface area contributed by atoms with Crippen LogP contribution in [0.2, 0.25) is 0 Å². The van der Waals surface area contributed by atoms with Crippen molar-refractivity contribution in [3.05, 3.63) is 11.7 Å². The van der Waals surface area contributed by atoms with Gasteiger partial charge in [0.05, 0.1) is 6.04 Å². The predicted octanol–water partition coefficient (Wildman–Crippen LogP) is 2.16. The van der Waals surface area contributed by atoms with Gasteiger partial charge in [-0.1, -0.05) is 12.1 Å². The van der Waals surface area contributed by atoms with Gasteiger partial charge >= 0.3 is 12.3 Å². The molecule has 0 spiro atoms. The maximum atomic E-state index is 12.5. The molecule has 110 valence electrons. The normalized spacial score (nSPS) is 14.1. The summed E-state index contributed by atoms with van der Waals surface area (Å²) in [6, 6.07) is -0.149. The molecular formula is C10H15F4N3O2. The molecule has 1 aromatic heterocycles. The molecule has 0 bridgehead atoms. The summed E-state index contributed by atoms with van der Waals surface area (Å²) in [7, 11) is 1.71. The summed E-state index contributed by atoms with van der Waals surface area (Å²) < 4.78 is 58.2. The summed E-state index contributed by atoms with van der Waals surface area (Å²) in [5, 5.41) is 6.43. The lowest BCUT2D eigenvalue weighted by Crippen LogP contribution is -2.32. The molecule has 1 aromatic rings. The third-order valence-electron chi connectivity index (χ3n) is 2.38. The number of hydrogen-bond donors (Lipinski definition) is 1. The van der Waals surface area contributed by atoms with E-state index in [0.29, 0.717) is 12.3 Å². The van der Waals surface area contributed by atoms with Crippen LogP contribution in [0.25, 0.3) is 0 Å². The topological polar surface area (TPSA) is 60.2 Å². The van der Waals surface area contributed by atoms with Crippen LogP contribution in [-0.2, 0) is 11.3 Å². The van der Waals surface area contributed by atoms with Gasteiger partial charge < -0.3 is 14.6 Å². The second kappa shape index (κ2) is 6.80. The minimum absolute atomic E-state index is 0.0359. The highest BCUT2D eigenvalue weighted by Gasteiger charge is 2.41. The molecule has 1 N–H and O–H groups in total. The van der Waals surface area contributed by atoms with Gasteiger partial charge in [-0.3, -0.25) is 0 Å². The van der Waals surface area contributed by atoms with Crippen molar-refractivity contribution in [3.8, 4) is 0 Å². The Morgan fingerprint density at radius 1 is 1.42 bits per heavy atom. The van der Waals surface area contributed by atoms with Crippen molar-refractivity contribution in [2.24, 2.45) is 0 Å². The van der Waals surface area contributed by atoms with E-state index in [0.717, 1.165) is 0 Å². The molecule has 0 fully saturated rings. The van der Waals surface area contributed by atoms with Gasteiger partial charge in [0.25, 0.3) is 0 Å². The van der Waals surface area contributed by atoms with Crippen molar-refractivity contribution in [1.29, 1.82) is 0 Å². The molecule has 1 rings (SSSR count). The Balaban J connectivity index is 2.47. The molecule has 1 atom stereocenters. The molecule has 0 aliphatic heterocycles. The van der Waals surface area contributed by atoms with Crippen LogP contribution in [-0.4, -0.2) is 36.1 Å². The molecule has 0 saturated carbocycles. The lowest BCUT2D eigenvalue weighted by atomic mass is 10.2. The fourth-order valence-electron chi connectivity index (χ4n) is 1.31. The van der Waals surface area contributed by atoms with Crippen molar-refractivity contribution < 1.29 is 26.8 Å². The van der Waals surface area contributed by atoms with Gasteiger partial charge in [-0.05, 0) is 13.5 Å². The molecule has 0 aromatic carbocycles. The Hall–Kier alpha value is -1.22. The first-order valence-corrected chi connectivity index (χ1v) is 5.64. The van der Waals surface area contributed by atoms with Crippen LogP contribution in [0.4, 0.5) is 17.6 Å². The first kappa shape index (κ1) is 15.8. The molecule has 19 heavy (non-hydrogen) atoms. The molecule has 1 unspecified atom stereocenters. The van der Waals surface area contributed by atoms with Crippen molar-refractivity contribution in [2.45, 2.75) is 38.3 Å². The van der Waals surface area contributed by atoms with Crippen LogP contribution >= 0.6 is 0 Å². The van der Waals surface area contributed by atoms with Crippen molar-refractivity contribution >= 4 is 0 Å². The zero-order valence-electron chi connectivity index (χ0n) is 10.5. The van der Waals surface area contributed by atoms with E-state index in [1.165, 1.54) is 0 Å². The quantitative estimate of drug-likeness (QED) is 0.742. The first-order chi connectivity index (χ1) is 8.90. The van der Waals surface area contributed by atoms with Gasteiger partial charge in [0.2, 0.25) is 5.89 Å². The van der Waals surface area contributed by atoms with Gasteiger partial charge in [-0.25, -0.2) is 8.78 Å². The highest BCUT2D eigenvalue weighted by Crippen LogP contribution is 2.23. The monoisotopic (exact) mass is 285 g/mol. The Bertz CT molecular complexity index is 383. The van der Waals surface area contributed by atoms with Crippen LogP contribution in [0, 0.1) is 0 Å². The van der Waals surface area contributed by atoms with Crippen molar-refractivity contribution in [3.63, 3.8) is 0 Å². The van der Waals surface area contributed by atoms with Gasteiger partial charge in [-0.2, -0.15) is 13.8 Å².